The minimum absolute atomic E-state index is 0.0446. The molecule has 3 aromatic carbocycles. The van der Waals surface area contributed by atoms with E-state index < -0.39 is 17.7 Å². The number of amides is 1. The van der Waals surface area contributed by atoms with E-state index in [1.54, 1.807) is 0 Å². The molecule has 0 aromatic heterocycles. The minimum atomic E-state index is -1.21. The Labute approximate surface area is 232 Å². The van der Waals surface area contributed by atoms with E-state index in [-0.39, 0.29) is 48.4 Å². The molecule has 40 heavy (non-hydrogen) atoms. The molecule has 0 atom stereocenters. The number of unbranched alkanes of at least 4 members (excludes halogenated alkanes) is 1. The van der Waals surface area contributed by atoms with Crippen LogP contribution in [0.4, 0.5) is 5.69 Å². The molecule has 0 aliphatic carbocycles. The minimum Gasteiger partial charge on any atom is -0.494 e. The summed E-state index contributed by atoms with van der Waals surface area (Å²) in [6.07, 6.45) is 2.10. The molecule has 0 aliphatic heterocycles. The predicted molar refractivity (Wildman–Crippen MR) is 149 cm³/mol. The van der Waals surface area contributed by atoms with Crippen LogP contribution in [0.3, 0.4) is 0 Å². The first-order chi connectivity index (χ1) is 19.3. The lowest BCUT2D eigenvalue weighted by Gasteiger charge is -2.12. The van der Waals surface area contributed by atoms with Gasteiger partial charge >= 0.3 is 11.9 Å². The standard InChI is InChI=1S/C31H33NO8/c33-28(12-7-13-30(35)36)26-21-23(31(37)38)15-16-27(26)32-29(34)17-14-22-8-6-11-25(20-22)40-19-5-4-18-39-24-9-2-1-3-10-24/h1-3,6,8-11,15-16,20-21H,4-5,7,12-14,17-19H2,(H,32,34)(H,35,36)(H,37,38). The number of anilines is 1. The van der Waals surface area contributed by atoms with Gasteiger partial charge in [0, 0.05) is 24.8 Å². The number of carbonyl (C=O) groups is 4. The summed E-state index contributed by atoms with van der Waals surface area (Å²) < 4.78 is 11.5. The van der Waals surface area contributed by atoms with Crippen molar-refractivity contribution in [2.75, 3.05) is 18.5 Å². The number of rotatable bonds is 17. The average molecular weight is 548 g/mol. The molecule has 0 heterocycles. The molecule has 0 radical (unpaired) electrons. The van der Waals surface area contributed by atoms with Gasteiger partial charge in [-0.3, -0.25) is 14.4 Å². The molecule has 9 heteroatoms. The largest absolute Gasteiger partial charge is 0.494 e. The second-order valence-electron chi connectivity index (χ2n) is 9.15. The number of para-hydroxylation sites is 1. The predicted octanol–water partition coefficient (Wildman–Crippen LogP) is 5.63. The van der Waals surface area contributed by atoms with Crippen LogP contribution >= 0.6 is 0 Å². The van der Waals surface area contributed by atoms with E-state index in [2.05, 4.69) is 5.32 Å². The van der Waals surface area contributed by atoms with Crippen LogP contribution in [-0.2, 0) is 16.0 Å². The van der Waals surface area contributed by atoms with E-state index in [1.165, 1.54) is 18.2 Å². The Morgan fingerprint density at radius 2 is 1.40 bits per heavy atom. The third kappa shape index (κ3) is 10.2. The molecule has 3 aromatic rings. The van der Waals surface area contributed by atoms with Crippen molar-refractivity contribution < 1.29 is 38.9 Å². The molecule has 0 spiro atoms. The second-order valence-corrected chi connectivity index (χ2v) is 9.15. The number of Topliss-reactive ketones (excluding diaryl/α,β-unsaturated/α-hetero) is 1. The van der Waals surface area contributed by atoms with Crippen LogP contribution in [0.2, 0.25) is 0 Å². The van der Waals surface area contributed by atoms with Crippen molar-refractivity contribution in [1.82, 2.24) is 0 Å². The van der Waals surface area contributed by atoms with Crippen molar-refractivity contribution in [1.29, 1.82) is 0 Å². The number of ether oxygens (including phenoxy) is 2. The van der Waals surface area contributed by atoms with Crippen LogP contribution in [0.15, 0.2) is 72.8 Å². The first-order valence-corrected chi connectivity index (χ1v) is 13.1. The lowest BCUT2D eigenvalue weighted by molar-refractivity contribution is -0.137. The highest BCUT2D eigenvalue weighted by Gasteiger charge is 2.17. The Hall–Kier alpha value is -4.66. The molecule has 3 N–H and O–H groups in total. The third-order valence-electron chi connectivity index (χ3n) is 5.99. The van der Waals surface area contributed by atoms with Crippen LogP contribution in [0.25, 0.3) is 0 Å². The van der Waals surface area contributed by atoms with Gasteiger partial charge in [-0.2, -0.15) is 0 Å². The van der Waals surface area contributed by atoms with Gasteiger partial charge in [-0.1, -0.05) is 30.3 Å². The number of nitrogens with one attached hydrogen (secondary N) is 1. The van der Waals surface area contributed by atoms with E-state index in [0.717, 1.165) is 24.2 Å². The lowest BCUT2D eigenvalue weighted by Crippen LogP contribution is -2.16. The van der Waals surface area contributed by atoms with E-state index in [1.807, 2.05) is 54.6 Å². The SMILES string of the molecule is O=C(O)CCCC(=O)c1cc(C(=O)O)ccc1NC(=O)CCc1cccc(OCCCCOc2ccccc2)c1. The highest BCUT2D eigenvalue weighted by molar-refractivity contribution is 6.06. The smallest absolute Gasteiger partial charge is 0.335 e. The number of carbonyl (C=O) groups excluding carboxylic acids is 2. The van der Waals surface area contributed by atoms with Gasteiger partial charge in [-0.05, 0) is 73.7 Å². The van der Waals surface area contributed by atoms with Crippen molar-refractivity contribution in [3.05, 3.63) is 89.5 Å². The van der Waals surface area contributed by atoms with Crippen LogP contribution in [-0.4, -0.2) is 47.1 Å². The fraction of sp³-hybridized carbons (Fsp3) is 0.290. The zero-order valence-electron chi connectivity index (χ0n) is 22.1. The number of hydrogen-bond acceptors (Lipinski definition) is 6. The molecule has 0 saturated carbocycles. The van der Waals surface area contributed by atoms with Crippen LogP contribution in [0.5, 0.6) is 11.5 Å². The first kappa shape index (κ1) is 29.9. The van der Waals surface area contributed by atoms with Gasteiger partial charge in [-0.25, -0.2) is 4.79 Å². The fourth-order valence-electron chi connectivity index (χ4n) is 3.91. The second kappa shape index (κ2) is 15.7. The van der Waals surface area contributed by atoms with Gasteiger partial charge in [0.1, 0.15) is 11.5 Å². The van der Waals surface area contributed by atoms with Gasteiger partial charge in [0.15, 0.2) is 5.78 Å². The first-order valence-electron chi connectivity index (χ1n) is 13.1. The average Bonchev–Trinajstić information content (AvgIpc) is 2.94. The number of aliphatic carboxylic acids is 1. The maximum absolute atomic E-state index is 12.7. The summed E-state index contributed by atoms with van der Waals surface area (Å²) in [5, 5.41) is 20.8. The number of aryl methyl sites for hydroxylation is 1. The summed E-state index contributed by atoms with van der Waals surface area (Å²) in [5.41, 5.74) is 1.05. The highest BCUT2D eigenvalue weighted by atomic mass is 16.5. The van der Waals surface area contributed by atoms with E-state index in [9.17, 15) is 24.3 Å². The molecule has 0 saturated heterocycles. The number of aromatic carboxylic acids is 1. The monoisotopic (exact) mass is 547 g/mol. The van der Waals surface area contributed by atoms with E-state index >= 15 is 0 Å². The van der Waals surface area contributed by atoms with Gasteiger partial charge in [0.05, 0.1) is 24.5 Å². The normalized spacial score (nSPS) is 10.5. The number of benzene rings is 3. The van der Waals surface area contributed by atoms with Crippen molar-refractivity contribution >= 4 is 29.3 Å². The lowest BCUT2D eigenvalue weighted by atomic mass is 10.0. The summed E-state index contributed by atoms with van der Waals surface area (Å²) in [7, 11) is 0. The maximum Gasteiger partial charge on any atom is 0.335 e. The van der Waals surface area contributed by atoms with E-state index in [0.29, 0.717) is 25.4 Å². The summed E-state index contributed by atoms with van der Waals surface area (Å²) in [6, 6.07) is 21.0. The number of ketones is 1. The maximum atomic E-state index is 12.7. The van der Waals surface area contributed by atoms with E-state index in [4.69, 9.17) is 14.6 Å². The summed E-state index contributed by atoms with van der Waals surface area (Å²) >= 11 is 0. The number of carboxylic acid groups (broad SMARTS) is 2. The number of carboxylic acids is 2. The molecule has 3 rings (SSSR count). The quantitative estimate of drug-likeness (QED) is 0.146. The van der Waals surface area contributed by atoms with Gasteiger partial charge in [-0.15, -0.1) is 0 Å². The van der Waals surface area contributed by atoms with Crippen LogP contribution in [0, 0.1) is 0 Å². The molecule has 0 bridgehead atoms. The van der Waals surface area contributed by atoms with Crippen molar-refractivity contribution in [2.24, 2.45) is 0 Å². The third-order valence-corrected chi connectivity index (χ3v) is 5.99. The molecule has 1 amide bonds. The van der Waals surface area contributed by atoms with Crippen molar-refractivity contribution in [2.45, 2.75) is 44.9 Å². The van der Waals surface area contributed by atoms with Crippen LogP contribution in [0.1, 0.15) is 64.8 Å². The summed E-state index contributed by atoms with van der Waals surface area (Å²) in [5.74, 6) is -1.46. The molecular formula is C31H33NO8. The fourth-order valence-corrected chi connectivity index (χ4v) is 3.91. The molecule has 210 valence electrons. The van der Waals surface area contributed by atoms with Crippen molar-refractivity contribution in [3.8, 4) is 11.5 Å². The zero-order valence-corrected chi connectivity index (χ0v) is 22.1. The van der Waals surface area contributed by atoms with Gasteiger partial charge in [0.2, 0.25) is 5.91 Å². The van der Waals surface area contributed by atoms with Crippen LogP contribution < -0.4 is 14.8 Å². The Morgan fingerprint density at radius 3 is 2.10 bits per heavy atom. The van der Waals surface area contributed by atoms with Gasteiger partial charge in [0.25, 0.3) is 0 Å². The molecular weight excluding hydrogens is 514 g/mol. The molecule has 0 aliphatic rings. The van der Waals surface area contributed by atoms with Gasteiger partial charge < -0.3 is 25.0 Å². The Morgan fingerprint density at radius 1 is 0.700 bits per heavy atom. The Bertz CT molecular complexity index is 1310. The highest BCUT2D eigenvalue weighted by Crippen LogP contribution is 2.22. The zero-order chi connectivity index (χ0) is 28.7. The summed E-state index contributed by atoms with van der Waals surface area (Å²) in [4.78, 5) is 47.5. The molecule has 0 unspecified atom stereocenters. The van der Waals surface area contributed by atoms with Crippen molar-refractivity contribution in [3.63, 3.8) is 0 Å². The number of hydrogen-bond donors (Lipinski definition) is 3. The topological polar surface area (TPSA) is 139 Å². The molecule has 0 fully saturated rings. The molecule has 9 nitrogen and oxygen atoms in total. The Balaban J connectivity index is 1.48. The summed E-state index contributed by atoms with van der Waals surface area (Å²) in [6.45, 7) is 1.15. The Kier molecular flexibility index (Phi) is 11.7.